The molecular weight excluding hydrogens is 324 g/mol. The molecule has 0 atom stereocenters. The van der Waals surface area contributed by atoms with E-state index < -0.39 is 10.0 Å². The van der Waals surface area contributed by atoms with Gasteiger partial charge in [0.25, 0.3) is 10.0 Å². The molecule has 2 N–H and O–H groups in total. The van der Waals surface area contributed by atoms with Crippen molar-refractivity contribution in [1.82, 2.24) is 0 Å². The summed E-state index contributed by atoms with van der Waals surface area (Å²) in [6.07, 6.45) is 1.63. The normalized spacial score (nSPS) is 11.2. The number of furan rings is 1. The summed E-state index contributed by atoms with van der Waals surface area (Å²) < 4.78 is 32.7. The van der Waals surface area contributed by atoms with Crippen molar-refractivity contribution >= 4 is 21.4 Å². The molecule has 0 saturated carbocycles. The monoisotopic (exact) mass is 342 g/mol. The minimum absolute atomic E-state index is 0.282. The molecule has 0 aliphatic heterocycles. The van der Waals surface area contributed by atoms with Gasteiger partial charge in [-0.25, -0.2) is 8.42 Å². The molecule has 0 fully saturated rings. The smallest absolute Gasteiger partial charge is 0.262 e. The van der Waals surface area contributed by atoms with Gasteiger partial charge in [0.15, 0.2) is 0 Å². The van der Waals surface area contributed by atoms with Crippen LogP contribution in [0.3, 0.4) is 0 Å². The number of anilines is 2. The second-order valence-corrected chi connectivity index (χ2v) is 7.03. The molecule has 0 aliphatic rings. The molecule has 1 heterocycles. The van der Waals surface area contributed by atoms with Gasteiger partial charge >= 0.3 is 0 Å². The highest BCUT2D eigenvalue weighted by molar-refractivity contribution is 7.92. The van der Waals surface area contributed by atoms with E-state index in [4.69, 9.17) is 4.42 Å². The molecule has 3 aromatic rings. The van der Waals surface area contributed by atoms with Gasteiger partial charge in [-0.1, -0.05) is 18.2 Å². The summed E-state index contributed by atoms with van der Waals surface area (Å²) in [4.78, 5) is 0.282. The van der Waals surface area contributed by atoms with Crippen LogP contribution < -0.4 is 10.0 Å². The van der Waals surface area contributed by atoms with E-state index in [1.54, 1.807) is 43.5 Å². The van der Waals surface area contributed by atoms with E-state index in [1.807, 2.05) is 30.3 Å². The first-order valence-electron chi connectivity index (χ1n) is 7.49. The maximum atomic E-state index is 12.4. The average Bonchev–Trinajstić information content (AvgIpc) is 3.07. The number of sulfonamides is 1. The molecule has 6 heteroatoms. The van der Waals surface area contributed by atoms with Crippen LogP contribution in [-0.4, -0.2) is 8.42 Å². The van der Waals surface area contributed by atoms with Gasteiger partial charge in [-0.05, 0) is 55.0 Å². The Morgan fingerprint density at radius 3 is 2.29 bits per heavy atom. The summed E-state index contributed by atoms with van der Waals surface area (Å²) in [5.74, 6) is 0.833. The molecule has 0 saturated heterocycles. The van der Waals surface area contributed by atoms with Crippen LogP contribution in [0.1, 0.15) is 11.3 Å². The summed E-state index contributed by atoms with van der Waals surface area (Å²) in [6, 6.07) is 17.7. The Kier molecular flexibility index (Phi) is 4.57. The number of aryl methyl sites for hydroxylation is 1. The van der Waals surface area contributed by atoms with E-state index >= 15 is 0 Å². The highest BCUT2D eigenvalue weighted by Gasteiger charge is 2.16. The van der Waals surface area contributed by atoms with Gasteiger partial charge in [0.2, 0.25) is 0 Å². The minimum atomic E-state index is -3.59. The molecule has 0 amide bonds. The van der Waals surface area contributed by atoms with Gasteiger partial charge < -0.3 is 9.73 Å². The molecule has 0 bridgehead atoms. The van der Waals surface area contributed by atoms with Crippen molar-refractivity contribution in [3.8, 4) is 0 Å². The topological polar surface area (TPSA) is 71.3 Å². The lowest BCUT2D eigenvalue weighted by Crippen LogP contribution is -2.14. The first-order chi connectivity index (χ1) is 11.5. The van der Waals surface area contributed by atoms with Gasteiger partial charge in [0, 0.05) is 11.4 Å². The van der Waals surface area contributed by atoms with E-state index in [-0.39, 0.29) is 4.90 Å². The molecule has 3 rings (SSSR count). The Labute approximate surface area is 141 Å². The van der Waals surface area contributed by atoms with Crippen LogP contribution in [0.4, 0.5) is 11.4 Å². The van der Waals surface area contributed by atoms with Crippen LogP contribution in [0.25, 0.3) is 0 Å². The maximum Gasteiger partial charge on any atom is 0.262 e. The number of benzene rings is 2. The highest BCUT2D eigenvalue weighted by Crippen LogP contribution is 2.20. The van der Waals surface area contributed by atoms with Crippen LogP contribution in [-0.2, 0) is 16.6 Å². The van der Waals surface area contributed by atoms with E-state index in [0.29, 0.717) is 17.8 Å². The third kappa shape index (κ3) is 3.78. The van der Waals surface area contributed by atoms with Crippen molar-refractivity contribution in [2.45, 2.75) is 18.4 Å². The van der Waals surface area contributed by atoms with Crippen LogP contribution in [0.5, 0.6) is 0 Å². The molecule has 0 spiro atoms. The Morgan fingerprint density at radius 2 is 1.62 bits per heavy atom. The summed E-state index contributed by atoms with van der Waals surface area (Å²) in [5.41, 5.74) is 2.11. The molecule has 124 valence electrons. The molecule has 0 unspecified atom stereocenters. The molecule has 5 nitrogen and oxygen atoms in total. The second-order valence-electron chi connectivity index (χ2n) is 5.38. The molecule has 0 radical (unpaired) electrons. The van der Waals surface area contributed by atoms with Gasteiger partial charge in [0.1, 0.15) is 5.76 Å². The first kappa shape index (κ1) is 16.1. The maximum absolute atomic E-state index is 12.4. The van der Waals surface area contributed by atoms with E-state index in [2.05, 4.69) is 10.0 Å². The molecule has 0 aliphatic carbocycles. The molecule has 2 aromatic carbocycles. The van der Waals surface area contributed by atoms with Crippen LogP contribution in [0.15, 0.2) is 76.2 Å². The van der Waals surface area contributed by atoms with Crippen LogP contribution in [0, 0.1) is 6.92 Å². The van der Waals surface area contributed by atoms with E-state index in [1.165, 1.54) is 0 Å². The fraction of sp³-hybridized carbons (Fsp3) is 0.111. The summed E-state index contributed by atoms with van der Waals surface area (Å²) in [7, 11) is -3.59. The van der Waals surface area contributed by atoms with Gasteiger partial charge in [-0.15, -0.1) is 0 Å². The number of hydrogen-bond acceptors (Lipinski definition) is 4. The standard InChI is InChI=1S/C18H18N2O3S/c1-14-5-2-3-7-18(14)24(21,22)20-16-10-8-15(9-11-16)19-13-17-6-4-12-23-17/h2-12,19-20H,13H2,1H3. The fourth-order valence-electron chi connectivity index (χ4n) is 2.33. The van der Waals surface area contributed by atoms with E-state index in [0.717, 1.165) is 11.4 Å². The lowest BCUT2D eigenvalue weighted by molar-refractivity contribution is 0.518. The van der Waals surface area contributed by atoms with E-state index in [9.17, 15) is 8.42 Å². The lowest BCUT2D eigenvalue weighted by atomic mass is 10.2. The minimum Gasteiger partial charge on any atom is -0.467 e. The van der Waals surface area contributed by atoms with Crippen molar-refractivity contribution in [1.29, 1.82) is 0 Å². The molecule has 24 heavy (non-hydrogen) atoms. The first-order valence-corrected chi connectivity index (χ1v) is 8.98. The third-order valence-electron chi connectivity index (χ3n) is 3.57. The van der Waals surface area contributed by atoms with Crippen molar-refractivity contribution in [2.24, 2.45) is 0 Å². The van der Waals surface area contributed by atoms with Crippen molar-refractivity contribution in [2.75, 3.05) is 10.0 Å². The molecular formula is C18H18N2O3S. The number of rotatable bonds is 6. The zero-order valence-corrected chi connectivity index (χ0v) is 14.0. The predicted octanol–water partition coefficient (Wildman–Crippen LogP) is 4.00. The molecule has 1 aromatic heterocycles. The summed E-state index contributed by atoms with van der Waals surface area (Å²) in [6.45, 7) is 2.34. The quantitative estimate of drug-likeness (QED) is 0.710. The Bertz CT molecular complexity index is 902. The second kappa shape index (κ2) is 6.80. The average molecular weight is 342 g/mol. The Balaban J connectivity index is 1.68. The number of nitrogens with one attached hydrogen (secondary N) is 2. The Morgan fingerprint density at radius 1 is 0.917 bits per heavy atom. The zero-order valence-electron chi connectivity index (χ0n) is 13.2. The fourth-order valence-corrected chi connectivity index (χ4v) is 3.63. The SMILES string of the molecule is Cc1ccccc1S(=O)(=O)Nc1ccc(NCc2ccco2)cc1. The Hall–Kier alpha value is -2.73. The summed E-state index contributed by atoms with van der Waals surface area (Å²) >= 11 is 0. The van der Waals surface area contributed by atoms with Crippen molar-refractivity contribution in [3.05, 3.63) is 78.3 Å². The number of hydrogen-bond donors (Lipinski definition) is 2. The lowest BCUT2D eigenvalue weighted by Gasteiger charge is -2.11. The van der Waals surface area contributed by atoms with Gasteiger partial charge in [-0.2, -0.15) is 0 Å². The van der Waals surface area contributed by atoms with Crippen LogP contribution >= 0.6 is 0 Å². The third-order valence-corrected chi connectivity index (χ3v) is 5.11. The van der Waals surface area contributed by atoms with Crippen molar-refractivity contribution in [3.63, 3.8) is 0 Å². The summed E-state index contributed by atoms with van der Waals surface area (Å²) in [5, 5.41) is 3.21. The van der Waals surface area contributed by atoms with Gasteiger partial charge in [-0.3, -0.25) is 4.72 Å². The van der Waals surface area contributed by atoms with Crippen molar-refractivity contribution < 1.29 is 12.8 Å². The largest absolute Gasteiger partial charge is 0.467 e. The van der Waals surface area contributed by atoms with Crippen LogP contribution in [0.2, 0.25) is 0 Å². The predicted molar refractivity (Wildman–Crippen MR) is 94.5 cm³/mol. The highest BCUT2D eigenvalue weighted by atomic mass is 32.2. The van der Waals surface area contributed by atoms with Gasteiger partial charge in [0.05, 0.1) is 17.7 Å². The zero-order chi connectivity index (χ0) is 17.0.